The number of carbonyl (C=O) groups is 1. The number of nitrogens with zero attached hydrogens (tertiary/aromatic N) is 2. The van der Waals surface area contributed by atoms with Crippen LogP contribution in [0, 0.1) is 0 Å². The summed E-state index contributed by atoms with van der Waals surface area (Å²) in [5, 5.41) is 9.22. The molecule has 2 aliphatic heterocycles. The first-order chi connectivity index (χ1) is 11.0. The van der Waals surface area contributed by atoms with Crippen molar-refractivity contribution in [2.75, 3.05) is 38.2 Å². The normalized spacial score (nSPS) is 25.0. The largest absolute Gasteiger partial charge is 0.495 e. The summed E-state index contributed by atoms with van der Waals surface area (Å²) in [6.07, 6.45) is 2.95. The highest BCUT2D eigenvalue weighted by molar-refractivity contribution is 5.79. The Bertz CT molecular complexity index is 586. The van der Waals surface area contributed by atoms with E-state index < -0.39 is 11.5 Å². The number of likely N-dealkylation sites (tertiary alicyclic amines) is 1. The van der Waals surface area contributed by atoms with Gasteiger partial charge in [-0.2, -0.15) is 0 Å². The second kappa shape index (κ2) is 6.37. The molecule has 0 aliphatic carbocycles. The van der Waals surface area contributed by atoms with E-state index in [-0.39, 0.29) is 0 Å². The Morgan fingerprint density at radius 1 is 1.35 bits per heavy atom. The molecule has 3 N–H and O–H groups in total. The van der Waals surface area contributed by atoms with Crippen molar-refractivity contribution in [3.63, 3.8) is 0 Å². The topological polar surface area (TPSA) is 79.0 Å². The Labute approximate surface area is 136 Å². The number of carboxylic acid groups (broad SMARTS) is 1. The minimum atomic E-state index is -1.11. The van der Waals surface area contributed by atoms with Gasteiger partial charge in [0.15, 0.2) is 0 Å². The standard InChI is InChI=1S/C17H25N3O3/c1-23-15-10-13(4-5-14(15)20-7-2-3-8-20)11-19-9-6-17(18,12-19)16(21)22/h4-5,10H,2-3,6-9,11-12,18H2,1H3,(H,21,22). The second-order valence-electron chi connectivity index (χ2n) is 6.62. The van der Waals surface area contributed by atoms with E-state index in [1.54, 1.807) is 7.11 Å². The molecular weight excluding hydrogens is 294 g/mol. The fourth-order valence-corrected chi connectivity index (χ4v) is 3.52. The van der Waals surface area contributed by atoms with Gasteiger partial charge in [-0.1, -0.05) is 6.07 Å². The second-order valence-corrected chi connectivity index (χ2v) is 6.62. The summed E-state index contributed by atoms with van der Waals surface area (Å²) in [6.45, 7) is 3.95. The molecule has 23 heavy (non-hydrogen) atoms. The van der Waals surface area contributed by atoms with Crippen LogP contribution in [0.4, 0.5) is 5.69 Å². The van der Waals surface area contributed by atoms with Crippen molar-refractivity contribution in [2.45, 2.75) is 31.3 Å². The van der Waals surface area contributed by atoms with Gasteiger partial charge in [0.2, 0.25) is 0 Å². The maximum Gasteiger partial charge on any atom is 0.325 e. The SMILES string of the molecule is COc1cc(CN2CCC(N)(C(=O)O)C2)ccc1N1CCCC1. The molecule has 0 amide bonds. The maximum atomic E-state index is 11.2. The molecule has 1 unspecified atom stereocenters. The van der Waals surface area contributed by atoms with Gasteiger partial charge in [-0.05, 0) is 37.0 Å². The molecule has 2 fully saturated rings. The van der Waals surface area contributed by atoms with Crippen LogP contribution >= 0.6 is 0 Å². The number of benzene rings is 1. The molecule has 0 spiro atoms. The number of hydrogen-bond donors (Lipinski definition) is 2. The fraction of sp³-hybridized carbons (Fsp3) is 0.588. The summed E-state index contributed by atoms with van der Waals surface area (Å²) in [6, 6.07) is 6.28. The molecular formula is C17H25N3O3. The van der Waals surface area contributed by atoms with Gasteiger partial charge in [-0.25, -0.2) is 0 Å². The third-order valence-electron chi connectivity index (χ3n) is 4.90. The molecule has 0 saturated carbocycles. The van der Waals surface area contributed by atoms with E-state index in [9.17, 15) is 9.90 Å². The zero-order valence-corrected chi connectivity index (χ0v) is 13.6. The molecule has 0 aromatic heterocycles. The van der Waals surface area contributed by atoms with Crippen molar-refractivity contribution in [2.24, 2.45) is 5.73 Å². The van der Waals surface area contributed by atoms with E-state index in [0.29, 0.717) is 26.1 Å². The molecule has 6 nitrogen and oxygen atoms in total. The van der Waals surface area contributed by atoms with Crippen LogP contribution in [0.5, 0.6) is 5.75 Å². The highest BCUT2D eigenvalue weighted by atomic mass is 16.5. The van der Waals surface area contributed by atoms with Crippen LogP contribution in [-0.4, -0.2) is 54.8 Å². The number of hydrogen-bond acceptors (Lipinski definition) is 5. The van der Waals surface area contributed by atoms with Crippen LogP contribution < -0.4 is 15.4 Å². The number of methoxy groups -OCH3 is 1. The molecule has 1 aromatic rings. The van der Waals surface area contributed by atoms with Gasteiger partial charge >= 0.3 is 5.97 Å². The maximum absolute atomic E-state index is 11.2. The molecule has 2 saturated heterocycles. The van der Waals surface area contributed by atoms with Crippen LogP contribution in [0.2, 0.25) is 0 Å². The molecule has 0 radical (unpaired) electrons. The lowest BCUT2D eigenvalue weighted by atomic mass is 10.0. The van der Waals surface area contributed by atoms with Crippen LogP contribution in [0.3, 0.4) is 0 Å². The summed E-state index contributed by atoms with van der Waals surface area (Å²) < 4.78 is 5.56. The van der Waals surface area contributed by atoms with E-state index in [1.807, 2.05) is 0 Å². The minimum absolute atomic E-state index is 0.387. The summed E-state index contributed by atoms with van der Waals surface area (Å²) in [5.41, 5.74) is 7.10. The Kier molecular flexibility index (Phi) is 4.46. The third-order valence-corrected chi connectivity index (χ3v) is 4.90. The molecule has 6 heteroatoms. The van der Waals surface area contributed by atoms with Gasteiger partial charge in [-0.3, -0.25) is 9.69 Å². The highest BCUT2D eigenvalue weighted by Gasteiger charge is 2.41. The van der Waals surface area contributed by atoms with Crippen molar-refractivity contribution in [1.82, 2.24) is 4.90 Å². The Hall–Kier alpha value is -1.79. The number of carboxylic acids is 1. The average Bonchev–Trinajstić information content (AvgIpc) is 3.18. The Morgan fingerprint density at radius 2 is 2.09 bits per heavy atom. The van der Waals surface area contributed by atoms with Gasteiger partial charge < -0.3 is 20.5 Å². The summed E-state index contributed by atoms with van der Waals surface area (Å²) in [4.78, 5) is 15.7. The molecule has 1 atom stereocenters. The minimum Gasteiger partial charge on any atom is -0.495 e. The van der Waals surface area contributed by atoms with Crippen molar-refractivity contribution in [3.05, 3.63) is 23.8 Å². The Balaban J connectivity index is 1.70. The lowest BCUT2D eigenvalue weighted by molar-refractivity contribution is -0.142. The van der Waals surface area contributed by atoms with Crippen LogP contribution in [0.25, 0.3) is 0 Å². The van der Waals surface area contributed by atoms with E-state index in [0.717, 1.165) is 30.1 Å². The smallest absolute Gasteiger partial charge is 0.325 e. The van der Waals surface area contributed by atoms with E-state index in [2.05, 4.69) is 28.0 Å². The summed E-state index contributed by atoms with van der Waals surface area (Å²) in [5.74, 6) is -0.0252. The number of nitrogens with two attached hydrogens (primary N) is 1. The number of ether oxygens (including phenoxy) is 1. The first-order valence-corrected chi connectivity index (χ1v) is 8.18. The van der Waals surface area contributed by atoms with Crippen molar-refractivity contribution in [3.8, 4) is 5.75 Å². The molecule has 0 bridgehead atoms. The molecule has 3 rings (SSSR count). The number of aliphatic carboxylic acids is 1. The quantitative estimate of drug-likeness (QED) is 0.851. The zero-order valence-electron chi connectivity index (χ0n) is 13.6. The average molecular weight is 319 g/mol. The van der Waals surface area contributed by atoms with Gasteiger partial charge in [0.25, 0.3) is 0 Å². The molecule has 1 aromatic carbocycles. The van der Waals surface area contributed by atoms with Gasteiger partial charge in [0, 0.05) is 32.7 Å². The molecule has 2 heterocycles. The fourth-order valence-electron chi connectivity index (χ4n) is 3.52. The van der Waals surface area contributed by atoms with Crippen molar-refractivity contribution < 1.29 is 14.6 Å². The highest BCUT2D eigenvalue weighted by Crippen LogP contribution is 2.32. The zero-order chi connectivity index (χ0) is 16.4. The summed E-state index contributed by atoms with van der Waals surface area (Å²) in [7, 11) is 1.70. The predicted molar refractivity (Wildman–Crippen MR) is 88.9 cm³/mol. The monoisotopic (exact) mass is 319 g/mol. The molecule has 2 aliphatic rings. The third kappa shape index (κ3) is 3.28. The van der Waals surface area contributed by atoms with Crippen molar-refractivity contribution >= 4 is 11.7 Å². The predicted octanol–water partition coefficient (Wildman–Crippen LogP) is 1.28. The van der Waals surface area contributed by atoms with Gasteiger partial charge in [-0.15, -0.1) is 0 Å². The van der Waals surface area contributed by atoms with Crippen LogP contribution in [0.15, 0.2) is 18.2 Å². The van der Waals surface area contributed by atoms with Gasteiger partial charge in [0.05, 0.1) is 12.8 Å². The first kappa shape index (κ1) is 16.1. The van der Waals surface area contributed by atoms with E-state index in [1.165, 1.54) is 12.8 Å². The van der Waals surface area contributed by atoms with E-state index >= 15 is 0 Å². The number of rotatable bonds is 5. The first-order valence-electron chi connectivity index (χ1n) is 8.18. The van der Waals surface area contributed by atoms with Crippen LogP contribution in [-0.2, 0) is 11.3 Å². The summed E-state index contributed by atoms with van der Waals surface area (Å²) >= 11 is 0. The molecule has 126 valence electrons. The van der Waals surface area contributed by atoms with E-state index in [4.69, 9.17) is 10.5 Å². The van der Waals surface area contributed by atoms with Crippen molar-refractivity contribution in [1.29, 1.82) is 0 Å². The lowest BCUT2D eigenvalue weighted by Gasteiger charge is -2.23. The van der Waals surface area contributed by atoms with Gasteiger partial charge in [0.1, 0.15) is 11.3 Å². The lowest BCUT2D eigenvalue weighted by Crippen LogP contribution is -2.50. The Morgan fingerprint density at radius 3 is 2.70 bits per heavy atom. The number of anilines is 1. The van der Waals surface area contributed by atoms with Crippen LogP contribution in [0.1, 0.15) is 24.8 Å².